The summed E-state index contributed by atoms with van der Waals surface area (Å²) in [5, 5.41) is 7.36. The van der Waals surface area contributed by atoms with E-state index in [9.17, 15) is 4.79 Å². The Hall–Kier alpha value is -4.53. The number of ether oxygens (including phenoxy) is 1. The fourth-order valence-electron chi connectivity index (χ4n) is 5.14. The van der Waals surface area contributed by atoms with E-state index in [4.69, 9.17) is 9.72 Å². The second-order valence-corrected chi connectivity index (χ2v) is 9.25. The summed E-state index contributed by atoms with van der Waals surface area (Å²) in [6.45, 7) is 1.32. The largest absolute Gasteiger partial charge is 0.497 e. The number of hydrogen-bond donors (Lipinski definition) is 3. The molecule has 1 fully saturated rings. The van der Waals surface area contributed by atoms with Crippen molar-refractivity contribution in [3.05, 3.63) is 72.8 Å². The number of aromatic nitrogens is 4. The second-order valence-electron chi connectivity index (χ2n) is 9.25. The van der Waals surface area contributed by atoms with Crippen LogP contribution in [0.25, 0.3) is 27.8 Å². The number of likely N-dealkylation sites (tertiary alicyclic amines) is 1. The zero-order valence-electron chi connectivity index (χ0n) is 20.9. The van der Waals surface area contributed by atoms with Crippen molar-refractivity contribution in [3.8, 4) is 17.1 Å². The lowest BCUT2D eigenvalue weighted by Crippen LogP contribution is -2.40. The van der Waals surface area contributed by atoms with Crippen LogP contribution in [0.15, 0.2) is 67.0 Å². The number of amides is 2. The van der Waals surface area contributed by atoms with Crippen LogP contribution in [0.1, 0.15) is 24.6 Å². The zero-order chi connectivity index (χ0) is 25.4. The minimum atomic E-state index is -0.0861. The van der Waals surface area contributed by atoms with Crippen LogP contribution in [-0.2, 0) is 0 Å². The Morgan fingerprint density at radius 2 is 1.89 bits per heavy atom. The number of nitrogens with zero attached hydrogens (tertiary/aromatic N) is 4. The van der Waals surface area contributed by atoms with E-state index in [1.807, 2.05) is 54.5 Å². The topological polar surface area (TPSA) is 99.6 Å². The molecule has 9 heteroatoms. The normalized spacial score (nSPS) is 14.3. The monoisotopic (exact) mass is 495 g/mol. The quantitative estimate of drug-likeness (QED) is 0.306. The molecule has 0 atom stereocenters. The number of urea groups is 1. The molecule has 5 aromatic rings. The van der Waals surface area contributed by atoms with Crippen molar-refractivity contribution in [2.24, 2.45) is 0 Å². The van der Waals surface area contributed by atoms with Gasteiger partial charge in [0.2, 0.25) is 0 Å². The molecule has 2 aromatic carbocycles. The van der Waals surface area contributed by atoms with E-state index >= 15 is 0 Å². The highest BCUT2D eigenvalue weighted by atomic mass is 16.5. The number of benzene rings is 2. The van der Waals surface area contributed by atoms with Gasteiger partial charge in [0.15, 0.2) is 5.82 Å². The van der Waals surface area contributed by atoms with E-state index < -0.39 is 0 Å². The molecule has 0 saturated carbocycles. The molecule has 3 N–H and O–H groups in total. The number of methoxy groups -OCH3 is 1. The van der Waals surface area contributed by atoms with Crippen molar-refractivity contribution in [2.75, 3.05) is 37.9 Å². The minimum absolute atomic E-state index is 0.0861. The average molecular weight is 496 g/mol. The van der Waals surface area contributed by atoms with E-state index in [1.165, 1.54) is 0 Å². The Bertz CT molecular complexity index is 1530. The highest BCUT2D eigenvalue weighted by Gasteiger charge is 2.29. The summed E-state index contributed by atoms with van der Waals surface area (Å²) in [5.74, 6) is 2.76. The number of anilines is 2. The zero-order valence-corrected chi connectivity index (χ0v) is 20.9. The summed E-state index contributed by atoms with van der Waals surface area (Å²) >= 11 is 0. The smallest absolute Gasteiger partial charge is 0.321 e. The SMILES string of the molecule is CNc1nccn2c(C3CCN(C(=O)Nc4ccc(OC)cc4)CC3)nc(-c3cc4ccccc4[nH]3)c12. The molecule has 4 heterocycles. The van der Waals surface area contributed by atoms with Crippen LogP contribution in [-0.4, -0.2) is 57.5 Å². The third-order valence-electron chi connectivity index (χ3n) is 7.09. The first-order chi connectivity index (χ1) is 18.1. The van der Waals surface area contributed by atoms with Gasteiger partial charge in [0.25, 0.3) is 0 Å². The van der Waals surface area contributed by atoms with E-state index in [2.05, 4.69) is 43.2 Å². The average Bonchev–Trinajstić information content (AvgIpc) is 3.55. The number of carbonyl (C=O) groups excluding carboxylic acids is 1. The van der Waals surface area contributed by atoms with Crippen molar-refractivity contribution < 1.29 is 9.53 Å². The van der Waals surface area contributed by atoms with Gasteiger partial charge in [-0.05, 0) is 49.2 Å². The van der Waals surface area contributed by atoms with Crippen LogP contribution in [0.3, 0.4) is 0 Å². The summed E-state index contributed by atoms with van der Waals surface area (Å²) in [6.07, 6.45) is 5.45. The predicted molar refractivity (Wildman–Crippen MR) is 145 cm³/mol. The van der Waals surface area contributed by atoms with Gasteiger partial charge in [-0.1, -0.05) is 18.2 Å². The summed E-state index contributed by atoms with van der Waals surface area (Å²) in [6, 6.07) is 17.7. The highest BCUT2D eigenvalue weighted by Crippen LogP contribution is 2.35. The van der Waals surface area contributed by atoms with Gasteiger partial charge in [-0.15, -0.1) is 0 Å². The van der Waals surface area contributed by atoms with Crippen LogP contribution < -0.4 is 15.4 Å². The maximum absolute atomic E-state index is 12.9. The van der Waals surface area contributed by atoms with Crippen LogP contribution in [0.5, 0.6) is 5.75 Å². The standard InChI is InChI=1S/C28H29N7O2/c1-29-26-25-24(23-17-19-5-3-4-6-22(19)32-23)33-27(35(25)16-13-30-26)18-11-14-34(15-12-18)28(36)31-20-7-9-21(37-2)10-8-20/h3-10,13,16-18,32H,11-12,14-15H2,1-2H3,(H,29,30)(H,31,36). The van der Waals surface area contributed by atoms with Gasteiger partial charge in [0, 0.05) is 55.0 Å². The van der Waals surface area contributed by atoms with Crippen molar-refractivity contribution in [1.82, 2.24) is 24.3 Å². The number of piperidine rings is 1. The van der Waals surface area contributed by atoms with E-state index in [-0.39, 0.29) is 11.9 Å². The fourth-order valence-corrected chi connectivity index (χ4v) is 5.14. The van der Waals surface area contributed by atoms with E-state index in [1.54, 1.807) is 13.3 Å². The van der Waals surface area contributed by atoms with Gasteiger partial charge >= 0.3 is 6.03 Å². The molecule has 1 aliphatic rings. The van der Waals surface area contributed by atoms with Gasteiger partial charge in [-0.25, -0.2) is 14.8 Å². The predicted octanol–water partition coefficient (Wildman–Crippen LogP) is 5.34. The number of imidazole rings is 1. The molecule has 37 heavy (non-hydrogen) atoms. The van der Waals surface area contributed by atoms with Crippen molar-refractivity contribution in [2.45, 2.75) is 18.8 Å². The van der Waals surface area contributed by atoms with Crippen molar-refractivity contribution in [3.63, 3.8) is 0 Å². The third kappa shape index (κ3) is 4.22. The Balaban J connectivity index is 1.25. The Labute approximate surface area is 214 Å². The first-order valence-electron chi connectivity index (χ1n) is 12.5. The molecule has 0 aliphatic carbocycles. The lowest BCUT2D eigenvalue weighted by atomic mass is 9.96. The molecule has 6 rings (SSSR count). The molecule has 9 nitrogen and oxygen atoms in total. The number of para-hydroxylation sites is 1. The van der Waals surface area contributed by atoms with Gasteiger partial charge in [-0.3, -0.25) is 4.40 Å². The summed E-state index contributed by atoms with van der Waals surface area (Å²) < 4.78 is 7.34. The van der Waals surface area contributed by atoms with Gasteiger partial charge in [-0.2, -0.15) is 0 Å². The Morgan fingerprint density at radius 1 is 1.11 bits per heavy atom. The molecular formula is C28H29N7O2. The first kappa shape index (κ1) is 22.9. The number of H-pyrrole nitrogens is 1. The van der Waals surface area contributed by atoms with Gasteiger partial charge in [0.05, 0.1) is 12.8 Å². The van der Waals surface area contributed by atoms with Gasteiger partial charge < -0.3 is 25.3 Å². The molecular weight excluding hydrogens is 466 g/mol. The maximum atomic E-state index is 12.9. The number of fused-ring (bicyclic) bond motifs is 2. The number of carbonyl (C=O) groups is 1. The highest BCUT2D eigenvalue weighted by molar-refractivity contribution is 5.92. The Morgan fingerprint density at radius 3 is 2.62 bits per heavy atom. The van der Waals surface area contributed by atoms with Crippen molar-refractivity contribution >= 4 is 34.0 Å². The van der Waals surface area contributed by atoms with Crippen LogP contribution in [0.4, 0.5) is 16.3 Å². The second kappa shape index (κ2) is 9.50. The van der Waals surface area contributed by atoms with Crippen LogP contribution in [0, 0.1) is 0 Å². The third-order valence-corrected chi connectivity index (χ3v) is 7.09. The molecule has 0 radical (unpaired) electrons. The summed E-state index contributed by atoms with van der Waals surface area (Å²) in [7, 11) is 3.50. The molecule has 1 saturated heterocycles. The molecule has 0 bridgehead atoms. The number of aromatic amines is 1. The first-order valence-corrected chi connectivity index (χ1v) is 12.5. The van der Waals surface area contributed by atoms with Crippen LogP contribution >= 0.6 is 0 Å². The van der Waals surface area contributed by atoms with E-state index in [0.717, 1.165) is 63.7 Å². The maximum Gasteiger partial charge on any atom is 0.321 e. The molecule has 3 aromatic heterocycles. The van der Waals surface area contributed by atoms with Crippen LogP contribution in [0.2, 0.25) is 0 Å². The molecule has 0 spiro atoms. The lowest BCUT2D eigenvalue weighted by molar-refractivity contribution is 0.193. The summed E-state index contributed by atoms with van der Waals surface area (Å²) in [4.78, 5) is 28.0. The molecule has 1 aliphatic heterocycles. The minimum Gasteiger partial charge on any atom is -0.497 e. The molecule has 2 amide bonds. The molecule has 188 valence electrons. The summed E-state index contributed by atoms with van der Waals surface area (Å²) in [5.41, 5.74) is 4.62. The van der Waals surface area contributed by atoms with Crippen molar-refractivity contribution in [1.29, 1.82) is 0 Å². The number of rotatable bonds is 5. The number of hydrogen-bond acceptors (Lipinski definition) is 5. The van der Waals surface area contributed by atoms with Gasteiger partial charge in [0.1, 0.15) is 22.8 Å². The number of nitrogens with one attached hydrogen (secondary N) is 3. The Kier molecular flexibility index (Phi) is 5.88. The van der Waals surface area contributed by atoms with E-state index in [0.29, 0.717) is 13.1 Å². The lowest BCUT2D eigenvalue weighted by Gasteiger charge is -2.31. The molecule has 0 unspecified atom stereocenters. The fraction of sp³-hybridized carbons (Fsp3) is 0.250.